The molecule has 1 aliphatic rings. The number of nitro groups is 1. The molecule has 8 nitrogen and oxygen atoms in total. The largest absolute Gasteiger partial charge is 0.477 e. The first-order chi connectivity index (χ1) is 12.1. The number of hydrogen-bond donors (Lipinski definition) is 1. The maximum Gasteiger partial charge on any atom is 0.475 e. The fourth-order valence-electron chi connectivity index (χ4n) is 2.38. The number of carbonyl (C=O) groups excluding carboxylic acids is 1. The summed E-state index contributed by atoms with van der Waals surface area (Å²) in [4.78, 5) is 24.3. The van der Waals surface area contributed by atoms with Crippen molar-refractivity contribution in [2.24, 2.45) is 0 Å². The number of quaternary nitrogens is 1. The molecule has 1 amide bonds. The molecule has 144 valence electrons. The van der Waals surface area contributed by atoms with Crippen LogP contribution in [0.15, 0.2) is 23.1 Å². The van der Waals surface area contributed by atoms with E-state index in [2.05, 4.69) is 0 Å². The summed E-state index contributed by atoms with van der Waals surface area (Å²) in [6.45, 7) is 2.12. The van der Waals surface area contributed by atoms with Crippen LogP contribution in [0.2, 0.25) is 0 Å². The fraction of sp³-hybridized carbons (Fsp3) is 0.500. The Hall–Kier alpha value is -2.21. The van der Waals surface area contributed by atoms with Crippen molar-refractivity contribution in [1.82, 2.24) is 4.90 Å². The highest BCUT2D eigenvalue weighted by Crippen LogP contribution is 2.33. The summed E-state index contributed by atoms with van der Waals surface area (Å²) in [6, 6.07) is 2.29. The zero-order chi connectivity index (χ0) is 19.5. The Labute approximate surface area is 149 Å². The molecule has 1 fully saturated rings. The lowest BCUT2D eigenvalue weighted by Crippen LogP contribution is -3.12. The van der Waals surface area contributed by atoms with Crippen molar-refractivity contribution in [3.63, 3.8) is 0 Å². The number of rotatable bonds is 5. The van der Waals surface area contributed by atoms with Gasteiger partial charge in [0.2, 0.25) is 0 Å². The van der Waals surface area contributed by atoms with Crippen LogP contribution in [-0.2, 0) is 15.6 Å². The van der Waals surface area contributed by atoms with Gasteiger partial charge in [0.1, 0.15) is 0 Å². The van der Waals surface area contributed by atoms with Gasteiger partial charge >= 0.3 is 11.2 Å². The summed E-state index contributed by atoms with van der Waals surface area (Å²) >= 11 is 0. The molecule has 1 atom stereocenters. The Bertz CT molecular complexity index is 720. The standard InChI is InChI=1S/C14H16F3N3O5S/c1-18-4-6-19(7-5-18)13(21)9-25-12-3-2-10(8-11(12)20(22)23)26(24)14(15,16)17/h2-3,8H,4-7,9H2,1H3/p+1. The van der Waals surface area contributed by atoms with Crippen LogP contribution in [-0.4, -0.2) is 65.3 Å². The van der Waals surface area contributed by atoms with E-state index in [1.165, 1.54) is 4.90 Å². The van der Waals surface area contributed by atoms with Crippen LogP contribution in [0.25, 0.3) is 0 Å². The molecule has 0 aromatic heterocycles. The predicted molar refractivity (Wildman–Crippen MR) is 84.3 cm³/mol. The Kier molecular flexibility index (Phi) is 6.18. The van der Waals surface area contributed by atoms with Gasteiger partial charge in [-0.1, -0.05) is 0 Å². The second kappa shape index (κ2) is 7.99. The van der Waals surface area contributed by atoms with Gasteiger partial charge in [0.05, 0.1) is 43.0 Å². The minimum atomic E-state index is -5.03. The van der Waals surface area contributed by atoms with Gasteiger partial charge in [-0.3, -0.25) is 14.9 Å². The van der Waals surface area contributed by atoms with Gasteiger partial charge < -0.3 is 14.5 Å². The van der Waals surface area contributed by atoms with Crippen molar-refractivity contribution in [3.05, 3.63) is 28.3 Å². The highest BCUT2D eigenvalue weighted by atomic mass is 32.2. The lowest BCUT2D eigenvalue weighted by atomic mass is 10.3. The van der Waals surface area contributed by atoms with E-state index in [9.17, 15) is 32.3 Å². The van der Waals surface area contributed by atoms with Crippen LogP contribution in [0.3, 0.4) is 0 Å². The zero-order valence-corrected chi connectivity index (χ0v) is 14.6. The number of hydrogen-bond acceptors (Lipinski definition) is 5. The second-order valence-corrected chi connectivity index (χ2v) is 7.20. The predicted octanol–water partition coefficient (Wildman–Crippen LogP) is -0.0421. The molecular formula is C14H17F3N3O5S+. The van der Waals surface area contributed by atoms with Crippen molar-refractivity contribution >= 4 is 22.4 Å². The summed E-state index contributed by atoms with van der Waals surface area (Å²) in [5.74, 6) is -0.722. The molecule has 26 heavy (non-hydrogen) atoms. The molecule has 0 saturated carbocycles. The first-order valence-electron chi connectivity index (χ1n) is 7.58. The molecule has 1 heterocycles. The molecule has 1 saturated heterocycles. The molecule has 1 N–H and O–H groups in total. The third-order valence-corrected chi connectivity index (χ3v) is 4.97. The summed E-state index contributed by atoms with van der Waals surface area (Å²) in [6.07, 6.45) is 0. The van der Waals surface area contributed by atoms with Crippen LogP contribution in [0.4, 0.5) is 18.9 Å². The van der Waals surface area contributed by atoms with Gasteiger partial charge in [-0.2, -0.15) is 13.2 Å². The van der Waals surface area contributed by atoms with Gasteiger partial charge in [-0.05, 0) is 12.1 Å². The van der Waals surface area contributed by atoms with Crippen molar-refractivity contribution in [2.45, 2.75) is 10.4 Å². The molecule has 2 rings (SSSR count). The first kappa shape index (κ1) is 20.1. The van der Waals surface area contributed by atoms with Crippen molar-refractivity contribution in [3.8, 4) is 5.75 Å². The van der Waals surface area contributed by atoms with Crippen LogP contribution in [0.5, 0.6) is 5.75 Å². The van der Waals surface area contributed by atoms with E-state index >= 15 is 0 Å². The van der Waals surface area contributed by atoms with Gasteiger partial charge in [-0.15, -0.1) is 0 Å². The van der Waals surface area contributed by atoms with Gasteiger partial charge in [0, 0.05) is 6.07 Å². The van der Waals surface area contributed by atoms with E-state index in [4.69, 9.17) is 4.74 Å². The van der Waals surface area contributed by atoms with E-state index in [1.54, 1.807) is 4.90 Å². The third-order valence-electron chi connectivity index (χ3n) is 3.87. The number of nitrogens with one attached hydrogen (secondary N) is 1. The quantitative estimate of drug-likeness (QED) is 0.557. The summed E-state index contributed by atoms with van der Waals surface area (Å²) in [5.41, 5.74) is -5.81. The molecule has 0 bridgehead atoms. The van der Waals surface area contributed by atoms with Crippen molar-refractivity contribution in [2.75, 3.05) is 39.8 Å². The SMILES string of the molecule is C[NH+]1CCN(C(=O)COc2ccc(S(=O)C(F)(F)F)cc2[N+](=O)[O-])CC1. The smallest absolute Gasteiger partial charge is 0.475 e. The average molecular weight is 396 g/mol. The maximum atomic E-state index is 12.5. The molecular weight excluding hydrogens is 379 g/mol. The Morgan fingerprint density at radius 3 is 2.54 bits per heavy atom. The number of piperazine rings is 1. The Morgan fingerprint density at radius 2 is 2.00 bits per heavy atom. The number of nitrogens with zero attached hydrogens (tertiary/aromatic N) is 2. The van der Waals surface area contributed by atoms with Gasteiger partial charge in [0.15, 0.2) is 23.2 Å². The number of ether oxygens (including phenoxy) is 1. The maximum absolute atomic E-state index is 12.5. The van der Waals surface area contributed by atoms with Crippen LogP contribution < -0.4 is 9.64 Å². The zero-order valence-electron chi connectivity index (χ0n) is 13.7. The minimum Gasteiger partial charge on any atom is -0.477 e. The molecule has 1 aliphatic heterocycles. The molecule has 1 aromatic carbocycles. The molecule has 0 aliphatic carbocycles. The number of carbonyl (C=O) groups is 1. The fourth-order valence-corrected chi connectivity index (χ4v) is 3.06. The molecule has 0 spiro atoms. The van der Waals surface area contributed by atoms with Crippen LogP contribution >= 0.6 is 0 Å². The van der Waals surface area contributed by atoms with E-state index in [-0.39, 0.29) is 11.7 Å². The lowest BCUT2D eigenvalue weighted by molar-refractivity contribution is -0.883. The minimum absolute atomic E-state index is 0.356. The second-order valence-electron chi connectivity index (χ2n) is 5.73. The summed E-state index contributed by atoms with van der Waals surface area (Å²) < 4.78 is 54.0. The summed E-state index contributed by atoms with van der Waals surface area (Å²) in [7, 11) is -1.40. The topological polar surface area (TPSA) is 94.2 Å². The normalized spacial score (nSPS) is 17.0. The third kappa shape index (κ3) is 4.91. The molecule has 1 unspecified atom stereocenters. The van der Waals surface area contributed by atoms with Crippen LogP contribution in [0, 0.1) is 10.1 Å². The highest BCUT2D eigenvalue weighted by Gasteiger charge is 2.39. The number of amides is 1. The number of halogens is 3. The number of likely N-dealkylation sites (N-methyl/N-ethyl adjacent to an activating group) is 1. The number of alkyl halides is 3. The van der Waals surface area contributed by atoms with Gasteiger partial charge in [0.25, 0.3) is 5.91 Å². The highest BCUT2D eigenvalue weighted by molar-refractivity contribution is 7.86. The monoisotopic (exact) mass is 396 g/mol. The van der Waals surface area contributed by atoms with Crippen molar-refractivity contribution in [1.29, 1.82) is 0 Å². The Balaban J connectivity index is 2.10. The van der Waals surface area contributed by atoms with E-state index in [0.717, 1.165) is 25.2 Å². The molecule has 0 radical (unpaired) electrons. The molecule has 1 aromatic rings. The van der Waals surface area contributed by atoms with E-state index in [1.807, 2.05) is 7.05 Å². The Morgan fingerprint density at radius 1 is 1.38 bits per heavy atom. The van der Waals surface area contributed by atoms with E-state index in [0.29, 0.717) is 19.2 Å². The van der Waals surface area contributed by atoms with Crippen LogP contribution in [0.1, 0.15) is 0 Å². The van der Waals surface area contributed by atoms with Gasteiger partial charge in [-0.25, -0.2) is 4.21 Å². The molecule has 12 heteroatoms. The van der Waals surface area contributed by atoms with Crippen molar-refractivity contribution < 1.29 is 36.7 Å². The summed E-state index contributed by atoms with van der Waals surface area (Å²) in [5, 5.41) is 11.1. The lowest BCUT2D eigenvalue weighted by Gasteiger charge is -2.29. The first-order valence-corrected chi connectivity index (χ1v) is 8.73. The number of nitro benzene ring substituents is 1. The average Bonchev–Trinajstić information content (AvgIpc) is 2.58. The van der Waals surface area contributed by atoms with E-state index < -0.39 is 38.4 Å². The number of benzene rings is 1.